The zero-order valence-corrected chi connectivity index (χ0v) is 10.4. The first kappa shape index (κ1) is 11.4. The van der Waals surface area contributed by atoms with Crippen molar-refractivity contribution in [1.82, 2.24) is 5.32 Å². The number of hydrogen-bond donors (Lipinski definition) is 1. The first-order valence-electron chi connectivity index (χ1n) is 6.32. The topological polar surface area (TPSA) is 12.0 Å². The third kappa shape index (κ3) is 2.04. The van der Waals surface area contributed by atoms with Gasteiger partial charge in [-0.3, -0.25) is 0 Å². The summed E-state index contributed by atoms with van der Waals surface area (Å²) in [6.07, 6.45) is 1.04. The van der Waals surface area contributed by atoms with Crippen LogP contribution in [0.4, 0.5) is 4.39 Å². The van der Waals surface area contributed by atoms with Gasteiger partial charge in [0.2, 0.25) is 0 Å². The molecule has 0 fully saturated rings. The molecule has 92 valence electrons. The lowest BCUT2D eigenvalue weighted by molar-refractivity contribution is 0.560. The molecule has 0 aliphatic carbocycles. The highest BCUT2D eigenvalue weighted by molar-refractivity contribution is 5.40. The summed E-state index contributed by atoms with van der Waals surface area (Å²) < 4.78 is 13.5. The van der Waals surface area contributed by atoms with Gasteiger partial charge in [-0.15, -0.1) is 0 Å². The van der Waals surface area contributed by atoms with Crippen molar-refractivity contribution < 1.29 is 4.39 Å². The van der Waals surface area contributed by atoms with Crippen LogP contribution in [0.2, 0.25) is 0 Å². The van der Waals surface area contributed by atoms with Crippen LogP contribution in [0, 0.1) is 12.7 Å². The zero-order chi connectivity index (χ0) is 12.5. The van der Waals surface area contributed by atoms with Gasteiger partial charge in [-0.05, 0) is 47.7 Å². The Morgan fingerprint density at radius 2 is 2.00 bits per heavy atom. The lowest BCUT2D eigenvalue weighted by Crippen LogP contribution is -2.30. The Morgan fingerprint density at radius 3 is 2.83 bits per heavy atom. The molecular formula is C16H16FN. The van der Waals surface area contributed by atoms with Gasteiger partial charge in [-0.2, -0.15) is 0 Å². The number of aryl methyl sites for hydroxylation is 1. The normalized spacial score (nSPS) is 18.4. The van der Waals surface area contributed by atoms with E-state index in [1.165, 1.54) is 11.1 Å². The van der Waals surface area contributed by atoms with E-state index < -0.39 is 0 Å². The molecule has 1 heterocycles. The predicted molar refractivity (Wildman–Crippen MR) is 71.1 cm³/mol. The van der Waals surface area contributed by atoms with E-state index in [9.17, 15) is 4.39 Å². The van der Waals surface area contributed by atoms with Gasteiger partial charge in [0.05, 0.1) is 6.04 Å². The molecule has 3 rings (SSSR count). The Hall–Kier alpha value is -1.67. The molecule has 1 nitrogen and oxygen atoms in total. The van der Waals surface area contributed by atoms with Crippen LogP contribution in [-0.4, -0.2) is 6.54 Å². The van der Waals surface area contributed by atoms with Crippen LogP contribution >= 0.6 is 0 Å². The van der Waals surface area contributed by atoms with E-state index in [0.29, 0.717) is 0 Å². The molecule has 2 aromatic rings. The SMILES string of the molecule is Cc1cc(F)cc(C2NCCc3ccccc32)c1. The van der Waals surface area contributed by atoms with Gasteiger partial charge >= 0.3 is 0 Å². The summed E-state index contributed by atoms with van der Waals surface area (Å²) in [6.45, 7) is 2.87. The first-order chi connectivity index (χ1) is 8.74. The summed E-state index contributed by atoms with van der Waals surface area (Å²) in [5.74, 6) is -0.158. The molecule has 0 spiro atoms. The molecule has 0 radical (unpaired) electrons. The summed E-state index contributed by atoms with van der Waals surface area (Å²) in [5, 5.41) is 3.48. The van der Waals surface area contributed by atoms with Crippen LogP contribution in [0.15, 0.2) is 42.5 Å². The summed E-state index contributed by atoms with van der Waals surface area (Å²) in [5.41, 5.74) is 4.62. The van der Waals surface area contributed by atoms with Gasteiger partial charge in [0.1, 0.15) is 5.82 Å². The van der Waals surface area contributed by atoms with Crippen molar-refractivity contribution in [2.75, 3.05) is 6.54 Å². The average molecular weight is 241 g/mol. The predicted octanol–water partition coefficient (Wildman–Crippen LogP) is 3.37. The van der Waals surface area contributed by atoms with Gasteiger partial charge in [-0.1, -0.05) is 30.3 Å². The molecule has 18 heavy (non-hydrogen) atoms. The number of halogens is 1. The third-order valence-corrected chi connectivity index (χ3v) is 3.51. The second kappa shape index (κ2) is 4.54. The lowest BCUT2D eigenvalue weighted by atomic mass is 9.89. The molecule has 0 aromatic heterocycles. The second-order valence-electron chi connectivity index (χ2n) is 4.90. The molecule has 0 saturated carbocycles. The molecule has 1 aliphatic rings. The van der Waals surface area contributed by atoms with E-state index in [-0.39, 0.29) is 11.9 Å². The molecule has 1 aliphatic heterocycles. The van der Waals surface area contributed by atoms with Crippen LogP contribution in [-0.2, 0) is 6.42 Å². The fourth-order valence-electron chi connectivity index (χ4n) is 2.73. The second-order valence-corrected chi connectivity index (χ2v) is 4.90. The minimum absolute atomic E-state index is 0.115. The van der Waals surface area contributed by atoms with Crippen molar-refractivity contribution in [2.45, 2.75) is 19.4 Å². The molecule has 0 saturated heterocycles. The van der Waals surface area contributed by atoms with Crippen LogP contribution in [0.3, 0.4) is 0 Å². The zero-order valence-electron chi connectivity index (χ0n) is 10.4. The Kier molecular flexibility index (Phi) is 2.88. The quantitative estimate of drug-likeness (QED) is 0.807. The number of hydrogen-bond acceptors (Lipinski definition) is 1. The maximum atomic E-state index is 13.5. The van der Waals surface area contributed by atoms with Gasteiger partial charge in [-0.25, -0.2) is 4.39 Å². The van der Waals surface area contributed by atoms with Gasteiger partial charge < -0.3 is 5.32 Å². The molecule has 2 aromatic carbocycles. The summed E-state index contributed by atoms with van der Waals surface area (Å²) in [6, 6.07) is 13.8. The smallest absolute Gasteiger partial charge is 0.123 e. The average Bonchev–Trinajstić information content (AvgIpc) is 2.37. The third-order valence-electron chi connectivity index (χ3n) is 3.51. The number of rotatable bonds is 1. The highest BCUT2D eigenvalue weighted by Gasteiger charge is 2.21. The number of fused-ring (bicyclic) bond motifs is 1. The molecule has 1 N–H and O–H groups in total. The van der Waals surface area contributed by atoms with E-state index in [1.807, 2.05) is 13.0 Å². The van der Waals surface area contributed by atoms with Crippen molar-refractivity contribution in [1.29, 1.82) is 0 Å². The van der Waals surface area contributed by atoms with E-state index in [2.05, 4.69) is 29.6 Å². The Labute approximate surface area is 107 Å². The van der Waals surface area contributed by atoms with E-state index in [4.69, 9.17) is 0 Å². The maximum Gasteiger partial charge on any atom is 0.123 e. The molecule has 0 bridgehead atoms. The van der Waals surface area contributed by atoms with Crippen LogP contribution in [0.1, 0.15) is 28.3 Å². The molecule has 1 atom stereocenters. The minimum atomic E-state index is -0.158. The van der Waals surface area contributed by atoms with Crippen molar-refractivity contribution in [2.24, 2.45) is 0 Å². The molecule has 0 amide bonds. The first-order valence-corrected chi connectivity index (χ1v) is 6.32. The highest BCUT2D eigenvalue weighted by Crippen LogP contribution is 2.29. The van der Waals surface area contributed by atoms with E-state index in [1.54, 1.807) is 12.1 Å². The van der Waals surface area contributed by atoms with Crippen LogP contribution in [0.25, 0.3) is 0 Å². The van der Waals surface area contributed by atoms with Crippen molar-refractivity contribution in [3.05, 3.63) is 70.5 Å². The van der Waals surface area contributed by atoms with Gasteiger partial charge in [0.25, 0.3) is 0 Å². The maximum absolute atomic E-state index is 13.5. The molecule has 1 unspecified atom stereocenters. The number of nitrogens with one attached hydrogen (secondary N) is 1. The van der Waals surface area contributed by atoms with E-state index >= 15 is 0 Å². The Balaban J connectivity index is 2.08. The summed E-state index contributed by atoms with van der Waals surface area (Å²) >= 11 is 0. The minimum Gasteiger partial charge on any atom is -0.306 e. The van der Waals surface area contributed by atoms with Gasteiger partial charge in [0, 0.05) is 6.54 Å². The largest absolute Gasteiger partial charge is 0.306 e. The van der Waals surface area contributed by atoms with Crippen LogP contribution in [0.5, 0.6) is 0 Å². The summed E-state index contributed by atoms with van der Waals surface area (Å²) in [7, 11) is 0. The Morgan fingerprint density at radius 1 is 1.17 bits per heavy atom. The Bertz CT molecular complexity index is 557. The standard InChI is InChI=1S/C16H16FN/c1-11-8-13(10-14(17)9-11)16-15-5-3-2-4-12(15)6-7-18-16/h2-5,8-10,16,18H,6-7H2,1H3. The molecular weight excluding hydrogens is 225 g/mol. The van der Waals surface area contributed by atoms with E-state index in [0.717, 1.165) is 24.1 Å². The summed E-state index contributed by atoms with van der Waals surface area (Å²) in [4.78, 5) is 0. The highest BCUT2D eigenvalue weighted by atomic mass is 19.1. The van der Waals surface area contributed by atoms with Crippen molar-refractivity contribution in [3.8, 4) is 0 Å². The fraction of sp³-hybridized carbons (Fsp3) is 0.250. The lowest BCUT2D eigenvalue weighted by Gasteiger charge is -2.27. The van der Waals surface area contributed by atoms with Crippen molar-refractivity contribution in [3.63, 3.8) is 0 Å². The molecule has 2 heteroatoms. The van der Waals surface area contributed by atoms with Gasteiger partial charge in [0.15, 0.2) is 0 Å². The van der Waals surface area contributed by atoms with Crippen LogP contribution < -0.4 is 5.32 Å². The monoisotopic (exact) mass is 241 g/mol. The fourth-order valence-corrected chi connectivity index (χ4v) is 2.73. The van der Waals surface area contributed by atoms with Crippen molar-refractivity contribution >= 4 is 0 Å². The number of benzene rings is 2.